The Labute approximate surface area is 142 Å². The van der Waals surface area contributed by atoms with E-state index >= 15 is 0 Å². The quantitative estimate of drug-likeness (QED) is 0.480. The van der Waals surface area contributed by atoms with Gasteiger partial charge < -0.3 is 0 Å². The van der Waals surface area contributed by atoms with Gasteiger partial charge in [-0.3, -0.25) is 9.78 Å². The number of nitrogens with zero attached hydrogens (tertiary/aromatic N) is 2. The van der Waals surface area contributed by atoms with Crippen LogP contribution >= 0.6 is 11.3 Å². The first kappa shape index (κ1) is 14.6. The zero-order valence-corrected chi connectivity index (χ0v) is 13.7. The highest BCUT2D eigenvalue weighted by Crippen LogP contribution is 2.41. The second kappa shape index (κ2) is 5.55. The van der Waals surface area contributed by atoms with Gasteiger partial charge >= 0.3 is 0 Å². The predicted octanol–water partition coefficient (Wildman–Crippen LogP) is 5.11. The molecule has 3 nitrogen and oxygen atoms in total. The molecule has 0 spiro atoms. The van der Waals surface area contributed by atoms with Crippen molar-refractivity contribution in [2.75, 3.05) is 0 Å². The van der Waals surface area contributed by atoms with Gasteiger partial charge in [0.2, 0.25) is 0 Å². The van der Waals surface area contributed by atoms with Gasteiger partial charge in [-0.1, -0.05) is 6.07 Å². The van der Waals surface area contributed by atoms with E-state index in [1.807, 2.05) is 43.3 Å². The van der Waals surface area contributed by atoms with Gasteiger partial charge in [-0.25, -0.2) is 0 Å². The number of hydrogen-bond donors (Lipinski definition) is 0. The minimum Gasteiger partial charge on any atom is -0.298 e. The summed E-state index contributed by atoms with van der Waals surface area (Å²) in [6.07, 6.45) is 2.63. The molecule has 4 rings (SSSR count). The number of aryl methyl sites for hydroxylation is 1. The summed E-state index contributed by atoms with van der Waals surface area (Å²) in [5.41, 5.74) is 4.32. The van der Waals surface area contributed by atoms with Crippen LogP contribution in [0.5, 0.6) is 0 Å². The van der Waals surface area contributed by atoms with Gasteiger partial charge in [0.05, 0.1) is 17.1 Å². The summed E-state index contributed by atoms with van der Waals surface area (Å²) in [7, 11) is 0. The van der Waals surface area contributed by atoms with Gasteiger partial charge in [0.25, 0.3) is 0 Å². The minimum atomic E-state index is 0.633. The summed E-state index contributed by atoms with van der Waals surface area (Å²) in [5.74, 6) is 0. The Hall–Kier alpha value is -3.03. The molecule has 0 fully saturated rings. The van der Waals surface area contributed by atoms with Crippen LogP contribution in [0.25, 0.3) is 31.4 Å². The molecule has 24 heavy (non-hydrogen) atoms. The summed E-state index contributed by atoms with van der Waals surface area (Å²) < 4.78 is 1.10. The highest BCUT2D eigenvalue weighted by Gasteiger charge is 2.15. The molecule has 0 saturated carbocycles. The molecule has 0 bridgehead atoms. The third kappa shape index (κ3) is 2.10. The Morgan fingerprint density at radius 3 is 2.88 bits per heavy atom. The minimum absolute atomic E-state index is 0.633. The van der Waals surface area contributed by atoms with Crippen molar-refractivity contribution in [2.24, 2.45) is 0 Å². The van der Waals surface area contributed by atoms with Crippen molar-refractivity contribution in [3.8, 4) is 16.5 Å². The summed E-state index contributed by atoms with van der Waals surface area (Å²) in [6.45, 7) is 2.05. The Kier molecular flexibility index (Phi) is 3.37. The molecule has 0 saturated heterocycles. The molecular formula is C20H12N2OS. The molecule has 0 atom stereocenters. The third-order valence-corrected chi connectivity index (χ3v) is 5.51. The summed E-state index contributed by atoms with van der Waals surface area (Å²) in [4.78, 5) is 16.6. The largest absolute Gasteiger partial charge is 0.298 e. The maximum absolute atomic E-state index is 11.1. The number of benzene rings is 2. The van der Waals surface area contributed by atoms with Gasteiger partial charge in [-0.2, -0.15) is 5.26 Å². The van der Waals surface area contributed by atoms with Gasteiger partial charge in [0, 0.05) is 37.7 Å². The van der Waals surface area contributed by atoms with Crippen molar-refractivity contribution in [3.63, 3.8) is 0 Å². The lowest BCUT2D eigenvalue weighted by Gasteiger charge is -2.06. The van der Waals surface area contributed by atoms with E-state index in [1.165, 1.54) is 0 Å². The maximum atomic E-state index is 11.1. The molecule has 0 aliphatic carbocycles. The fourth-order valence-corrected chi connectivity index (χ4v) is 4.36. The van der Waals surface area contributed by atoms with Crippen LogP contribution < -0.4 is 0 Å². The van der Waals surface area contributed by atoms with E-state index in [9.17, 15) is 10.1 Å². The number of nitriles is 1. The Bertz CT molecular complexity index is 1150. The molecule has 0 N–H and O–H groups in total. The standard InChI is InChI=1S/C20H12N2OS/c1-12-19-14(10-21)3-2-4-18(19)24-20(12)15-7-8-22-17-6-5-13(11-23)9-16(15)17/h2-9,11H,1H3. The van der Waals surface area contributed by atoms with Crippen LogP contribution in [0.4, 0.5) is 0 Å². The fourth-order valence-electron chi connectivity index (χ4n) is 3.09. The summed E-state index contributed by atoms with van der Waals surface area (Å²) in [5, 5.41) is 11.4. The Morgan fingerprint density at radius 2 is 2.08 bits per heavy atom. The second-order valence-electron chi connectivity index (χ2n) is 5.60. The molecule has 0 aliphatic rings. The number of carbonyl (C=O) groups is 1. The van der Waals surface area contributed by atoms with Crippen molar-refractivity contribution in [1.82, 2.24) is 4.98 Å². The number of aldehydes is 1. The summed E-state index contributed by atoms with van der Waals surface area (Å²) in [6, 6.07) is 15.6. The van der Waals surface area contributed by atoms with Crippen LogP contribution in [0.2, 0.25) is 0 Å². The second-order valence-corrected chi connectivity index (χ2v) is 6.65. The normalized spacial score (nSPS) is 10.8. The third-order valence-electron chi connectivity index (χ3n) is 4.22. The summed E-state index contributed by atoms with van der Waals surface area (Å²) >= 11 is 1.67. The number of carbonyl (C=O) groups excluding carboxylic acids is 1. The van der Waals surface area contributed by atoms with Crippen molar-refractivity contribution < 1.29 is 4.79 Å². The van der Waals surface area contributed by atoms with E-state index < -0.39 is 0 Å². The smallest absolute Gasteiger partial charge is 0.150 e. The zero-order valence-electron chi connectivity index (χ0n) is 12.9. The average molecular weight is 328 g/mol. The molecule has 0 amide bonds. The van der Waals surface area contributed by atoms with Gasteiger partial charge in [-0.15, -0.1) is 11.3 Å². The molecule has 0 unspecified atom stereocenters. The lowest BCUT2D eigenvalue weighted by Crippen LogP contribution is -1.87. The molecule has 2 aromatic heterocycles. The number of thiophene rings is 1. The van der Waals surface area contributed by atoms with Crippen LogP contribution in [0.3, 0.4) is 0 Å². The Morgan fingerprint density at radius 1 is 1.21 bits per heavy atom. The SMILES string of the molecule is Cc1c(-c2ccnc3ccc(C=O)cc23)sc2cccc(C#N)c12. The molecule has 4 aromatic rings. The molecule has 0 aliphatic heterocycles. The van der Waals surface area contributed by atoms with Crippen molar-refractivity contribution in [1.29, 1.82) is 5.26 Å². The van der Waals surface area contributed by atoms with E-state index in [4.69, 9.17) is 0 Å². The van der Waals surface area contributed by atoms with Crippen LogP contribution in [-0.2, 0) is 0 Å². The van der Waals surface area contributed by atoms with Gasteiger partial charge in [-0.05, 0) is 48.9 Å². The number of fused-ring (bicyclic) bond motifs is 2. The predicted molar refractivity (Wildman–Crippen MR) is 97.4 cm³/mol. The highest BCUT2D eigenvalue weighted by atomic mass is 32.1. The average Bonchev–Trinajstić information content (AvgIpc) is 2.97. The van der Waals surface area contributed by atoms with Crippen molar-refractivity contribution in [2.45, 2.75) is 6.92 Å². The van der Waals surface area contributed by atoms with E-state index in [-0.39, 0.29) is 0 Å². The van der Waals surface area contributed by atoms with Crippen LogP contribution in [-0.4, -0.2) is 11.3 Å². The van der Waals surface area contributed by atoms with E-state index in [0.717, 1.165) is 43.3 Å². The molecule has 2 heterocycles. The maximum Gasteiger partial charge on any atom is 0.150 e. The Balaban J connectivity index is 2.09. The van der Waals surface area contributed by atoms with E-state index in [2.05, 4.69) is 11.1 Å². The van der Waals surface area contributed by atoms with Crippen LogP contribution in [0, 0.1) is 18.3 Å². The van der Waals surface area contributed by atoms with E-state index in [0.29, 0.717) is 11.1 Å². The van der Waals surface area contributed by atoms with E-state index in [1.54, 1.807) is 23.6 Å². The monoisotopic (exact) mass is 328 g/mol. The van der Waals surface area contributed by atoms with Crippen molar-refractivity contribution in [3.05, 3.63) is 65.4 Å². The first-order valence-electron chi connectivity index (χ1n) is 7.49. The van der Waals surface area contributed by atoms with Crippen molar-refractivity contribution >= 4 is 38.6 Å². The van der Waals surface area contributed by atoms with Crippen LogP contribution in [0.1, 0.15) is 21.5 Å². The molecule has 2 aromatic carbocycles. The zero-order chi connectivity index (χ0) is 16.7. The number of hydrogen-bond acceptors (Lipinski definition) is 4. The number of pyridine rings is 1. The molecule has 114 valence electrons. The molecule has 4 heteroatoms. The lowest BCUT2D eigenvalue weighted by molar-refractivity contribution is 0.112. The topological polar surface area (TPSA) is 53.8 Å². The molecular weight excluding hydrogens is 316 g/mol. The number of aromatic nitrogens is 1. The lowest BCUT2D eigenvalue weighted by atomic mass is 10.0. The first-order valence-corrected chi connectivity index (χ1v) is 8.31. The first-order chi connectivity index (χ1) is 11.7. The van der Waals surface area contributed by atoms with Crippen LogP contribution in [0.15, 0.2) is 48.7 Å². The fraction of sp³-hybridized carbons (Fsp3) is 0.0500. The number of rotatable bonds is 2. The van der Waals surface area contributed by atoms with Gasteiger partial charge in [0.1, 0.15) is 6.29 Å². The highest BCUT2D eigenvalue weighted by molar-refractivity contribution is 7.22. The van der Waals surface area contributed by atoms with Gasteiger partial charge in [0.15, 0.2) is 0 Å². The molecule has 0 radical (unpaired) electrons.